The summed E-state index contributed by atoms with van der Waals surface area (Å²) in [5.41, 5.74) is 6.27. The summed E-state index contributed by atoms with van der Waals surface area (Å²) in [4.78, 5) is 22.8. The van der Waals surface area contributed by atoms with E-state index in [-0.39, 0.29) is 24.1 Å². The molecular weight excluding hydrogens is 240 g/mol. The first-order chi connectivity index (χ1) is 7.51. The predicted molar refractivity (Wildman–Crippen MR) is 68.5 cm³/mol. The fourth-order valence-corrected chi connectivity index (χ4v) is 1.43. The van der Waals surface area contributed by atoms with Crippen molar-refractivity contribution in [3.8, 4) is 0 Å². The van der Waals surface area contributed by atoms with Crippen LogP contribution in [0.25, 0.3) is 0 Å². The molecule has 1 amide bonds. The van der Waals surface area contributed by atoms with Gasteiger partial charge in [-0.2, -0.15) is 0 Å². The monoisotopic (exact) mass is 254 g/mol. The number of carbonyl (C=O) groups is 2. The molecule has 0 spiro atoms. The van der Waals surface area contributed by atoms with E-state index >= 15 is 0 Å². The Morgan fingerprint density at radius 3 is 2.53 bits per heavy atom. The highest BCUT2D eigenvalue weighted by Gasteiger charge is 2.45. The highest BCUT2D eigenvalue weighted by atomic mass is 35.5. The van der Waals surface area contributed by atoms with Gasteiger partial charge in [-0.3, -0.25) is 9.59 Å². The number of nitrogens with two attached hydrogens (primary N) is 1. The zero-order valence-corrected chi connectivity index (χ0v) is 10.3. The van der Waals surface area contributed by atoms with Gasteiger partial charge in [0.15, 0.2) is 5.78 Å². The molecule has 0 bridgehead atoms. The number of anilines is 1. The highest BCUT2D eigenvalue weighted by molar-refractivity contribution is 6.01. The van der Waals surface area contributed by atoms with Crippen LogP contribution in [0.2, 0.25) is 0 Å². The van der Waals surface area contributed by atoms with Gasteiger partial charge >= 0.3 is 0 Å². The SMILES string of the molecule is CC(=O)c1cccc(NC(=O)C2(N)CC2)c1.Cl. The van der Waals surface area contributed by atoms with Crippen molar-refractivity contribution >= 4 is 29.8 Å². The van der Waals surface area contributed by atoms with Crippen molar-refractivity contribution in [1.82, 2.24) is 0 Å². The molecule has 0 radical (unpaired) electrons. The fraction of sp³-hybridized carbons (Fsp3) is 0.333. The minimum atomic E-state index is -0.688. The van der Waals surface area contributed by atoms with Crippen LogP contribution in [0.3, 0.4) is 0 Å². The molecule has 0 unspecified atom stereocenters. The van der Waals surface area contributed by atoms with E-state index in [0.717, 1.165) is 12.8 Å². The van der Waals surface area contributed by atoms with E-state index in [4.69, 9.17) is 5.73 Å². The molecule has 1 aromatic rings. The smallest absolute Gasteiger partial charge is 0.244 e. The van der Waals surface area contributed by atoms with E-state index in [0.29, 0.717) is 11.3 Å². The van der Waals surface area contributed by atoms with Gasteiger partial charge in [-0.05, 0) is 31.9 Å². The van der Waals surface area contributed by atoms with Crippen molar-refractivity contribution in [2.75, 3.05) is 5.32 Å². The molecule has 1 aliphatic rings. The van der Waals surface area contributed by atoms with Crippen LogP contribution in [0.4, 0.5) is 5.69 Å². The Balaban J connectivity index is 0.00000144. The molecule has 0 aromatic heterocycles. The zero-order valence-electron chi connectivity index (χ0n) is 9.53. The Morgan fingerprint density at radius 1 is 1.35 bits per heavy atom. The standard InChI is InChI=1S/C12H14N2O2.ClH/c1-8(15)9-3-2-4-10(7-9)14-11(16)12(13)5-6-12;/h2-4,7H,5-6,13H2,1H3,(H,14,16);1H. The zero-order chi connectivity index (χ0) is 11.8. The summed E-state index contributed by atoms with van der Waals surface area (Å²) < 4.78 is 0. The molecule has 0 atom stereocenters. The lowest BCUT2D eigenvalue weighted by molar-refractivity contribution is -0.118. The lowest BCUT2D eigenvalue weighted by atomic mass is 10.1. The molecule has 0 aliphatic heterocycles. The fourth-order valence-electron chi connectivity index (χ4n) is 1.43. The molecule has 3 N–H and O–H groups in total. The summed E-state index contributed by atoms with van der Waals surface area (Å²) in [6.45, 7) is 1.49. The van der Waals surface area contributed by atoms with Gasteiger partial charge in [0.1, 0.15) is 0 Å². The van der Waals surface area contributed by atoms with Crippen molar-refractivity contribution < 1.29 is 9.59 Å². The lowest BCUT2D eigenvalue weighted by Crippen LogP contribution is -2.37. The van der Waals surface area contributed by atoms with Gasteiger partial charge in [-0.15, -0.1) is 12.4 Å². The first-order valence-corrected chi connectivity index (χ1v) is 5.23. The van der Waals surface area contributed by atoms with Crippen LogP contribution < -0.4 is 11.1 Å². The van der Waals surface area contributed by atoms with Crippen molar-refractivity contribution in [2.24, 2.45) is 5.73 Å². The first kappa shape index (κ1) is 13.7. The molecule has 92 valence electrons. The Bertz CT molecular complexity index is 456. The van der Waals surface area contributed by atoms with Gasteiger partial charge in [0, 0.05) is 11.3 Å². The third-order valence-corrected chi connectivity index (χ3v) is 2.77. The molecule has 4 nitrogen and oxygen atoms in total. The number of halogens is 1. The predicted octanol–water partition coefficient (Wildman–Crippen LogP) is 1.74. The van der Waals surface area contributed by atoms with Crippen LogP contribution in [0.15, 0.2) is 24.3 Å². The molecule has 1 aromatic carbocycles. The average molecular weight is 255 g/mol. The second-order valence-electron chi connectivity index (χ2n) is 4.25. The summed E-state index contributed by atoms with van der Waals surface area (Å²) in [5.74, 6) is -0.196. The van der Waals surface area contributed by atoms with Gasteiger partial charge in [0.05, 0.1) is 5.54 Å². The van der Waals surface area contributed by atoms with E-state index in [9.17, 15) is 9.59 Å². The van der Waals surface area contributed by atoms with Crippen LogP contribution >= 0.6 is 12.4 Å². The van der Waals surface area contributed by atoms with Gasteiger partial charge in [-0.25, -0.2) is 0 Å². The molecule has 1 saturated carbocycles. The van der Waals surface area contributed by atoms with Gasteiger partial charge in [0.2, 0.25) is 5.91 Å². The summed E-state index contributed by atoms with van der Waals surface area (Å²) in [5, 5.41) is 2.72. The second-order valence-corrected chi connectivity index (χ2v) is 4.25. The Morgan fingerprint density at radius 2 is 2.00 bits per heavy atom. The van der Waals surface area contributed by atoms with Gasteiger partial charge in [-0.1, -0.05) is 12.1 Å². The second kappa shape index (κ2) is 4.85. The molecular formula is C12H15ClN2O2. The maximum absolute atomic E-state index is 11.7. The van der Waals surface area contributed by atoms with Gasteiger partial charge in [0.25, 0.3) is 0 Å². The molecule has 17 heavy (non-hydrogen) atoms. The summed E-state index contributed by atoms with van der Waals surface area (Å²) in [7, 11) is 0. The number of carbonyl (C=O) groups excluding carboxylic acids is 2. The Labute approximate surface area is 106 Å². The van der Waals surface area contributed by atoms with E-state index < -0.39 is 5.54 Å². The molecule has 2 rings (SSSR count). The number of rotatable bonds is 3. The van der Waals surface area contributed by atoms with Crippen LogP contribution in [-0.4, -0.2) is 17.2 Å². The number of benzene rings is 1. The molecule has 0 heterocycles. The first-order valence-electron chi connectivity index (χ1n) is 5.23. The van der Waals surface area contributed by atoms with Crippen LogP contribution in [0, 0.1) is 0 Å². The summed E-state index contributed by atoms with van der Waals surface area (Å²) >= 11 is 0. The maximum atomic E-state index is 11.7. The summed E-state index contributed by atoms with van der Waals surface area (Å²) in [6.07, 6.45) is 1.45. The van der Waals surface area contributed by atoms with E-state index in [1.165, 1.54) is 6.92 Å². The Hall–Kier alpha value is -1.39. The van der Waals surface area contributed by atoms with Crippen LogP contribution in [0.5, 0.6) is 0 Å². The van der Waals surface area contributed by atoms with E-state index in [2.05, 4.69) is 5.32 Å². The van der Waals surface area contributed by atoms with Crippen molar-refractivity contribution in [2.45, 2.75) is 25.3 Å². The minimum Gasteiger partial charge on any atom is -0.324 e. The van der Waals surface area contributed by atoms with E-state index in [1.54, 1.807) is 24.3 Å². The lowest BCUT2D eigenvalue weighted by Gasteiger charge is -2.10. The largest absolute Gasteiger partial charge is 0.324 e. The third kappa shape index (κ3) is 3.05. The Kier molecular flexibility index (Phi) is 3.91. The van der Waals surface area contributed by atoms with Crippen molar-refractivity contribution in [3.63, 3.8) is 0 Å². The van der Waals surface area contributed by atoms with E-state index in [1.807, 2.05) is 0 Å². The van der Waals surface area contributed by atoms with Crippen molar-refractivity contribution in [3.05, 3.63) is 29.8 Å². The maximum Gasteiger partial charge on any atom is 0.244 e. The number of ketones is 1. The number of hydrogen-bond donors (Lipinski definition) is 2. The van der Waals surface area contributed by atoms with Gasteiger partial charge < -0.3 is 11.1 Å². The highest BCUT2D eigenvalue weighted by Crippen LogP contribution is 2.33. The topological polar surface area (TPSA) is 72.2 Å². The molecule has 1 fully saturated rings. The van der Waals surface area contributed by atoms with Crippen LogP contribution in [-0.2, 0) is 4.79 Å². The average Bonchev–Trinajstić information content (AvgIpc) is 2.98. The quantitative estimate of drug-likeness (QED) is 0.807. The minimum absolute atomic E-state index is 0. The number of amides is 1. The molecule has 5 heteroatoms. The van der Waals surface area contributed by atoms with Crippen LogP contribution in [0.1, 0.15) is 30.1 Å². The number of Topliss-reactive ketones (excluding diaryl/α,β-unsaturated/α-hetero) is 1. The van der Waals surface area contributed by atoms with Crippen molar-refractivity contribution in [1.29, 1.82) is 0 Å². The normalized spacial score (nSPS) is 15.6. The number of nitrogens with one attached hydrogen (secondary N) is 1. The molecule has 0 saturated heterocycles. The summed E-state index contributed by atoms with van der Waals surface area (Å²) in [6, 6.07) is 6.86. The molecule has 1 aliphatic carbocycles. The number of hydrogen-bond acceptors (Lipinski definition) is 3. The third-order valence-electron chi connectivity index (χ3n) is 2.77.